The Balaban J connectivity index is 2.05. The van der Waals surface area contributed by atoms with Crippen molar-refractivity contribution in [3.05, 3.63) is 28.7 Å². The Kier molecular flexibility index (Phi) is 5.83. The Morgan fingerprint density at radius 3 is 2.43 bits per heavy atom. The van der Waals surface area contributed by atoms with Crippen molar-refractivity contribution in [3.63, 3.8) is 0 Å². The quantitative estimate of drug-likeness (QED) is 0.756. The second-order valence-corrected chi connectivity index (χ2v) is 8.83. The van der Waals surface area contributed by atoms with E-state index in [0.717, 1.165) is 9.37 Å². The summed E-state index contributed by atoms with van der Waals surface area (Å²) in [4.78, 5) is 15.1. The second-order valence-electron chi connectivity index (χ2n) is 5.97. The molecule has 2 rings (SSSR count). The SMILES string of the molecule is C[C@H](C(=O)N(C)C)[NH+]1CCN(S(=O)(=O)c2cccc(Br)c2)CC1. The molecule has 1 saturated heterocycles. The van der Waals surface area contributed by atoms with Crippen LogP contribution in [-0.4, -0.2) is 69.8 Å². The van der Waals surface area contributed by atoms with Crippen molar-refractivity contribution in [2.75, 3.05) is 40.3 Å². The van der Waals surface area contributed by atoms with E-state index >= 15 is 0 Å². The van der Waals surface area contributed by atoms with E-state index in [1.54, 1.807) is 43.3 Å². The van der Waals surface area contributed by atoms with Crippen LogP contribution in [0.2, 0.25) is 0 Å². The molecule has 1 amide bonds. The van der Waals surface area contributed by atoms with Crippen molar-refractivity contribution in [1.29, 1.82) is 0 Å². The first-order valence-corrected chi connectivity index (χ1v) is 9.78. The summed E-state index contributed by atoms with van der Waals surface area (Å²) < 4.78 is 27.6. The van der Waals surface area contributed by atoms with Gasteiger partial charge < -0.3 is 9.80 Å². The normalized spacial score (nSPS) is 18.6. The molecule has 6 nitrogen and oxygen atoms in total. The largest absolute Gasteiger partial charge is 0.344 e. The molecule has 1 aromatic carbocycles. The summed E-state index contributed by atoms with van der Waals surface area (Å²) in [5.74, 6) is 0.0725. The van der Waals surface area contributed by atoms with Crippen LogP contribution in [0.25, 0.3) is 0 Å². The summed E-state index contributed by atoms with van der Waals surface area (Å²) in [6.07, 6.45) is 0. The standard InChI is InChI=1S/C15H22BrN3O3S/c1-12(15(20)17(2)3)18-7-9-19(10-8-18)23(21,22)14-6-4-5-13(16)11-14/h4-6,11-12H,7-10H2,1-3H3/p+1/t12-/m1/s1. The maximum atomic E-state index is 12.7. The lowest BCUT2D eigenvalue weighted by Crippen LogP contribution is -3.19. The summed E-state index contributed by atoms with van der Waals surface area (Å²) in [5, 5.41) is 0. The Labute approximate surface area is 146 Å². The molecule has 1 aromatic rings. The first-order valence-electron chi connectivity index (χ1n) is 7.55. The topological polar surface area (TPSA) is 62.1 Å². The van der Waals surface area contributed by atoms with Crippen LogP contribution in [0.5, 0.6) is 0 Å². The third kappa shape index (κ3) is 4.12. The average molecular weight is 405 g/mol. The van der Waals surface area contributed by atoms with Crippen molar-refractivity contribution in [2.24, 2.45) is 0 Å². The van der Waals surface area contributed by atoms with Crippen LogP contribution in [0.4, 0.5) is 0 Å². The maximum absolute atomic E-state index is 12.7. The van der Waals surface area contributed by atoms with Crippen molar-refractivity contribution in [1.82, 2.24) is 9.21 Å². The summed E-state index contributed by atoms with van der Waals surface area (Å²) in [6.45, 7) is 4.02. The first-order chi connectivity index (χ1) is 10.7. The molecule has 23 heavy (non-hydrogen) atoms. The van der Waals surface area contributed by atoms with Crippen LogP contribution in [0.3, 0.4) is 0 Å². The number of hydrogen-bond donors (Lipinski definition) is 1. The van der Waals surface area contributed by atoms with E-state index in [2.05, 4.69) is 15.9 Å². The highest BCUT2D eigenvalue weighted by atomic mass is 79.9. The fraction of sp³-hybridized carbons (Fsp3) is 0.533. The average Bonchev–Trinajstić information content (AvgIpc) is 2.53. The number of sulfonamides is 1. The summed E-state index contributed by atoms with van der Waals surface area (Å²) in [7, 11) is 0.00903. The predicted octanol–water partition coefficient (Wildman–Crippen LogP) is -0.185. The number of carbonyl (C=O) groups is 1. The minimum absolute atomic E-state index is 0.0725. The zero-order valence-corrected chi connectivity index (χ0v) is 16.0. The van der Waals surface area contributed by atoms with Crippen LogP contribution in [0, 0.1) is 0 Å². The highest BCUT2D eigenvalue weighted by Crippen LogP contribution is 2.19. The number of halogens is 1. The van der Waals surface area contributed by atoms with Crippen molar-refractivity contribution in [3.8, 4) is 0 Å². The molecule has 8 heteroatoms. The number of nitrogens with zero attached hydrogens (tertiary/aromatic N) is 2. The van der Waals surface area contributed by atoms with Crippen LogP contribution >= 0.6 is 15.9 Å². The van der Waals surface area contributed by atoms with E-state index in [-0.39, 0.29) is 11.9 Å². The lowest BCUT2D eigenvalue weighted by atomic mass is 10.2. The minimum Gasteiger partial charge on any atom is -0.344 e. The molecule has 0 spiro atoms. The van der Waals surface area contributed by atoms with E-state index < -0.39 is 10.0 Å². The van der Waals surface area contributed by atoms with Gasteiger partial charge in [-0.15, -0.1) is 0 Å². The molecule has 0 aliphatic carbocycles. The summed E-state index contributed by atoms with van der Waals surface area (Å²) in [6, 6.07) is 6.59. The van der Waals surface area contributed by atoms with Gasteiger partial charge in [-0.1, -0.05) is 22.0 Å². The Bertz CT molecular complexity index is 670. The van der Waals surface area contributed by atoms with Crippen LogP contribution in [-0.2, 0) is 14.8 Å². The van der Waals surface area contributed by atoms with E-state index in [9.17, 15) is 13.2 Å². The Morgan fingerprint density at radius 1 is 1.30 bits per heavy atom. The first kappa shape index (κ1) is 18.4. The van der Waals surface area contributed by atoms with E-state index in [4.69, 9.17) is 0 Å². The molecule has 0 aromatic heterocycles. The highest BCUT2D eigenvalue weighted by molar-refractivity contribution is 9.10. The predicted molar refractivity (Wildman–Crippen MR) is 91.8 cm³/mol. The molecule has 0 bridgehead atoms. The molecular formula is C15H23BrN3O3S+. The number of quaternary nitrogens is 1. The monoisotopic (exact) mass is 404 g/mol. The number of nitrogens with one attached hydrogen (secondary N) is 1. The zero-order chi connectivity index (χ0) is 17.2. The smallest absolute Gasteiger partial charge is 0.280 e. The van der Waals surface area contributed by atoms with E-state index in [1.165, 1.54) is 4.31 Å². The van der Waals surface area contributed by atoms with Crippen molar-refractivity contribution < 1.29 is 18.1 Å². The molecule has 0 unspecified atom stereocenters. The van der Waals surface area contributed by atoms with Crippen molar-refractivity contribution >= 4 is 31.9 Å². The van der Waals surface area contributed by atoms with Gasteiger partial charge in [-0.3, -0.25) is 4.79 Å². The van der Waals surface area contributed by atoms with Crippen molar-refractivity contribution in [2.45, 2.75) is 17.9 Å². The molecule has 0 saturated carbocycles. The van der Waals surface area contributed by atoms with Gasteiger partial charge in [-0.25, -0.2) is 8.42 Å². The molecular weight excluding hydrogens is 382 g/mol. The van der Waals surface area contributed by atoms with Gasteiger partial charge in [0.05, 0.1) is 31.1 Å². The number of hydrogen-bond acceptors (Lipinski definition) is 3. The van der Waals surface area contributed by atoms with Gasteiger partial charge in [0.25, 0.3) is 5.91 Å². The van der Waals surface area contributed by atoms with Crippen LogP contribution in [0.1, 0.15) is 6.92 Å². The summed E-state index contributed by atoms with van der Waals surface area (Å²) >= 11 is 3.31. The minimum atomic E-state index is -3.48. The summed E-state index contributed by atoms with van der Waals surface area (Å²) in [5.41, 5.74) is 0. The van der Waals surface area contributed by atoms with Gasteiger partial charge in [0.15, 0.2) is 6.04 Å². The highest BCUT2D eigenvalue weighted by Gasteiger charge is 2.34. The van der Waals surface area contributed by atoms with E-state index in [1.807, 2.05) is 6.92 Å². The van der Waals surface area contributed by atoms with Gasteiger partial charge in [-0.05, 0) is 25.1 Å². The number of likely N-dealkylation sites (N-methyl/N-ethyl adjacent to an activating group) is 1. The number of rotatable bonds is 4. The van der Waals surface area contributed by atoms with Crippen LogP contribution < -0.4 is 4.90 Å². The third-order valence-corrected chi connectivity index (χ3v) is 6.61. The number of carbonyl (C=O) groups excluding carboxylic acids is 1. The lowest BCUT2D eigenvalue weighted by Gasteiger charge is -2.34. The fourth-order valence-corrected chi connectivity index (χ4v) is 4.82. The molecule has 1 aliphatic rings. The number of piperazine rings is 1. The van der Waals surface area contributed by atoms with Gasteiger partial charge in [0.2, 0.25) is 10.0 Å². The molecule has 1 aliphatic heterocycles. The second kappa shape index (κ2) is 7.29. The molecule has 1 heterocycles. The maximum Gasteiger partial charge on any atom is 0.280 e. The molecule has 0 radical (unpaired) electrons. The third-order valence-electron chi connectivity index (χ3n) is 4.22. The Morgan fingerprint density at radius 2 is 1.91 bits per heavy atom. The zero-order valence-electron chi connectivity index (χ0n) is 13.6. The lowest BCUT2D eigenvalue weighted by molar-refractivity contribution is -0.917. The Hall–Kier alpha value is -0.960. The molecule has 1 fully saturated rings. The molecule has 128 valence electrons. The van der Waals surface area contributed by atoms with Gasteiger partial charge in [0.1, 0.15) is 0 Å². The van der Waals surface area contributed by atoms with Crippen LogP contribution in [0.15, 0.2) is 33.6 Å². The van der Waals surface area contributed by atoms with Gasteiger partial charge in [0, 0.05) is 18.6 Å². The molecule has 1 N–H and O–H groups in total. The molecule has 1 atom stereocenters. The number of benzene rings is 1. The fourth-order valence-electron chi connectivity index (χ4n) is 2.79. The van der Waals surface area contributed by atoms with E-state index in [0.29, 0.717) is 31.1 Å². The van der Waals surface area contributed by atoms with Gasteiger partial charge >= 0.3 is 0 Å². The van der Waals surface area contributed by atoms with Gasteiger partial charge in [-0.2, -0.15) is 4.31 Å². The number of amides is 1.